The van der Waals surface area contributed by atoms with Crippen LogP contribution in [0.4, 0.5) is 0 Å². The maximum Gasteiger partial charge on any atom is 0.253 e. The van der Waals surface area contributed by atoms with E-state index in [-0.39, 0.29) is 21.4 Å². The molecule has 2 aromatic rings. The van der Waals surface area contributed by atoms with E-state index in [2.05, 4.69) is 29.3 Å². The molecule has 0 unspecified atom stereocenters. The second kappa shape index (κ2) is 10.6. The number of nitrogens with one attached hydrogen (secondary N) is 1. The highest BCUT2D eigenvalue weighted by Crippen LogP contribution is 2.26. The van der Waals surface area contributed by atoms with Crippen LogP contribution in [0.1, 0.15) is 54.1 Å². The number of amides is 1. The zero-order valence-corrected chi connectivity index (χ0v) is 20.7. The van der Waals surface area contributed by atoms with Crippen LogP contribution in [0.25, 0.3) is 0 Å². The van der Waals surface area contributed by atoms with Crippen molar-refractivity contribution >= 4 is 27.5 Å². The number of sulfonamides is 1. The van der Waals surface area contributed by atoms with E-state index in [0.717, 1.165) is 38.0 Å². The summed E-state index contributed by atoms with van der Waals surface area (Å²) in [5.74, 6) is 0.145. The van der Waals surface area contributed by atoms with Crippen molar-refractivity contribution in [2.45, 2.75) is 50.6 Å². The molecule has 8 heteroatoms. The van der Waals surface area contributed by atoms with Gasteiger partial charge in [0.15, 0.2) is 0 Å². The Balaban J connectivity index is 1.43. The molecule has 1 amide bonds. The van der Waals surface area contributed by atoms with Crippen molar-refractivity contribution in [2.24, 2.45) is 5.92 Å². The highest BCUT2D eigenvalue weighted by Gasteiger charge is 2.29. The molecule has 1 N–H and O–H groups in total. The first-order valence-corrected chi connectivity index (χ1v) is 13.5. The van der Waals surface area contributed by atoms with E-state index in [0.29, 0.717) is 25.6 Å². The van der Waals surface area contributed by atoms with Crippen LogP contribution >= 0.6 is 11.6 Å². The monoisotopic (exact) mass is 489 g/mol. The maximum absolute atomic E-state index is 13.1. The number of carbonyl (C=O) groups is 1. The lowest BCUT2D eigenvalue weighted by Gasteiger charge is -2.29. The molecule has 0 saturated carbocycles. The van der Waals surface area contributed by atoms with Gasteiger partial charge in [-0.25, -0.2) is 8.42 Å². The maximum atomic E-state index is 13.1. The molecule has 4 rings (SSSR count). The van der Waals surface area contributed by atoms with E-state index in [1.54, 1.807) is 0 Å². The van der Waals surface area contributed by atoms with Crippen LogP contribution in [0.3, 0.4) is 0 Å². The number of nitrogens with zero attached hydrogens (tertiary/aromatic N) is 2. The zero-order valence-electron chi connectivity index (χ0n) is 19.1. The number of halogens is 1. The van der Waals surface area contributed by atoms with Crippen molar-refractivity contribution in [2.75, 3.05) is 26.2 Å². The molecular formula is C25H32ClN3O3S. The minimum Gasteiger partial charge on any atom is -0.348 e. The summed E-state index contributed by atoms with van der Waals surface area (Å²) in [5, 5.41) is 3.13. The topological polar surface area (TPSA) is 69.7 Å². The number of benzene rings is 2. The number of likely N-dealkylation sites (tertiary alicyclic amines) is 1. The molecule has 178 valence electrons. The van der Waals surface area contributed by atoms with Gasteiger partial charge in [-0.05, 0) is 74.0 Å². The minimum atomic E-state index is -3.65. The molecule has 6 nitrogen and oxygen atoms in total. The van der Waals surface area contributed by atoms with Crippen molar-refractivity contribution in [3.63, 3.8) is 0 Å². The third kappa shape index (κ3) is 5.96. The normalized spacial score (nSPS) is 18.5. The Hall–Kier alpha value is -1.93. The van der Waals surface area contributed by atoms with Gasteiger partial charge in [-0.2, -0.15) is 4.31 Å². The van der Waals surface area contributed by atoms with Crippen molar-refractivity contribution in [3.05, 3.63) is 64.2 Å². The molecule has 2 saturated heterocycles. The Labute approximate surface area is 202 Å². The average molecular weight is 490 g/mol. The van der Waals surface area contributed by atoms with E-state index >= 15 is 0 Å². The van der Waals surface area contributed by atoms with E-state index in [9.17, 15) is 13.2 Å². The van der Waals surface area contributed by atoms with Gasteiger partial charge in [0.1, 0.15) is 0 Å². The first kappa shape index (κ1) is 24.2. The molecule has 0 atom stereocenters. The van der Waals surface area contributed by atoms with Crippen LogP contribution in [-0.2, 0) is 23.1 Å². The van der Waals surface area contributed by atoms with E-state index < -0.39 is 10.0 Å². The first-order valence-electron chi connectivity index (χ1n) is 11.7. The Bertz CT molecular complexity index is 1090. The van der Waals surface area contributed by atoms with Gasteiger partial charge in [0.05, 0.1) is 15.5 Å². The third-order valence-electron chi connectivity index (χ3n) is 6.61. The van der Waals surface area contributed by atoms with Gasteiger partial charge >= 0.3 is 0 Å². The molecule has 0 bridgehead atoms. The fourth-order valence-electron chi connectivity index (χ4n) is 4.53. The standard InChI is InChI=1S/C25H32ClN3O3S/c1-19-9-13-29(14-10-19)33(31,32)22-7-8-24(26)23(16-22)25(30)27-17-20-5-4-6-21(15-20)18-28-11-2-3-12-28/h4-8,15-16,19H,2-3,9-14,17-18H2,1H3,(H,27,30). The summed E-state index contributed by atoms with van der Waals surface area (Å²) >= 11 is 6.27. The average Bonchev–Trinajstić information content (AvgIpc) is 3.31. The summed E-state index contributed by atoms with van der Waals surface area (Å²) in [6, 6.07) is 12.6. The fourth-order valence-corrected chi connectivity index (χ4v) is 6.23. The smallest absolute Gasteiger partial charge is 0.253 e. The van der Waals surface area contributed by atoms with Crippen molar-refractivity contribution in [3.8, 4) is 0 Å². The van der Waals surface area contributed by atoms with Gasteiger partial charge in [-0.1, -0.05) is 42.8 Å². The summed E-state index contributed by atoms with van der Waals surface area (Å²) in [7, 11) is -3.65. The number of hydrogen-bond acceptors (Lipinski definition) is 4. The van der Waals surface area contributed by atoms with E-state index in [4.69, 9.17) is 11.6 Å². The quantitative estimate of drug-likeness (QED) is 0.630. The molecule has 2 aliphatic heterocycles. The van der Waals surface area contributed by atoms with Crippen molar-refractivity contribution in [1.29, 1.82) is 0 Å². The number of rotatable bonds is 7. The molecule has 33 heavy (non-hydrogen) atoms. The molecule has 2 fully saturated rings. The number of hydrogen-bond donors (Lipinski definition) is 1. The Morgan fingerprint density at radius 1 is 1.03 bits per heavy atom. The SMILES string of the molecule is CC1CCN(S(=O)(=O)c2ccc(Cl)c(C(=O)NCc3cccc(CN4CCCC4)c3)c2)CC1. The molecule has 2 aliphatic rings. The van der Waals surface area contributed by atoms with E-state index in [1.807, 2.05) is 12.1 Å². The predicted molar refractivity (Wildman–Crippen MR) is 131 cm³/mol. The van der Waals surface area contributed by atoms with Crippen LogP contribution in [0.15, 0.2) is 47.4 Å². The van der Waals surface area contributed by atoms with Crippen molar-refractivity contribution < 1.29 is 13.2 Å². The summed E-state index contributed by atoms with van der Waals surface area (Å²) in [6.07, 6.45) is 4.19. The van der Waals surface area contributed by atoms with E-state index in [1.165, 1.54) is 40.9 Å². The first-order chi connectivity index (χ1) is 15.8. The van der Waals surface area contributed by atoms with Gasteiger partial charge < -0.3 is 5.32 Å². The molecule has 0 aromatic heterocycles. The number of piperidine rings is 1. The zero-order chi connectivity index (χ0) is 23.4. The molecule has 0 spiro atoms. The largest absolute Gasteiger partial charge is 0.348 e. The molecular weight excluding hydrogens is 458 g/mol. The van der Waals surface area contributed by atoms with Gasteiger partial charge in [0.2, 0.25) is 10.0 Å². The van der Waals surface area contributed by atoms with Crippen LogP contribution in [0, 0.1) is 5.92 Å². The minimum absolute atomic E-state index is 0.110. The summed E-state index contributed by atoms with van der Waals surface area (Å²) < 4.78 is 27.7. The summed E-state index contributed by atoms with van der Waals surface area (Å²) in [4.78, 5) is 15.4. The number of carbonyl (C=O) groups excluding carboxylic acids is 1. The molecule has 2 heterocycles. The predicted octanol–water partition coefficient (Wildman–Crippen LogP) is 4.29. The van der Waals surface area contributed by atoms with Crippen LogP contribution in [0.2, 0.25) is 5.02 Å². The van der Waals surface area contributed by atoms with Crippen LogP contribution in [-0.4, -0.2) is 49.7 Å². The van der Waals surface area contributed by atoms with Crippen LogP contribution < -0.4 is 5.32 Å². The highest BCUT2D eigenvalue weighted by atomic mass is 35.5. The van der Waals surface area contributed by atoms with Crippen LogP contribution in [0.5, 0.6) is 0 Å². The Kier molecular flexibility index (Phi) is 7.74. The summed E-state index contributed by atoms with van der Waals surface area (Å²) in [6.45, 7) is 6.68. The van der Waals surface area contributed by atoms with Gasteiger partial charge in [-0.15, -0.1) is 0 Å². The fraction of sp³-hybridized carbons (Fsp3) is 0.480. The highest BCUT2D eigenvalue weighted by molar-refractivity contribution is 7.89. The lowest BCUT2D eigenvalue weighted by atomic mass is 10.0. The van der Waals surface area contributed by atoms with Gasteiger partial charge in [0.25, 0.3) is 5.91 Å². The third-order valence-corrected chi connectivity index (χ3v) is 8.84. The van der Waals surface area contributed by atoms with Gasteiger partial charge in [0, 0.05) is 26.2 Å². The lowest BCUT2D eigenvalue weighted by Crippen LogP contribution is -2.38. The lowest BCUT2D eigenvalue weighted by molar-refractivity contribution is 0.0951. The second-order valence-corrected chi connectivity index (χ2v) is 11.6. The second-order valence-electron chi connectivity index (χ2n) is 9.21. The molecule has 0 aliphatic carbocycles. The summed E-state index contributed by atoms with van der Waals surface area (Å²) in [5.41, 5.74) is 2.41. The Morgan fingerprint density at radius 3 is 2.45 bits per heavy atom. The molecule has 2 aromatic carbocycles. The van der Waals surface area contributed by atoms with Crippen molar-refractivity contribution in [1.82, 2.24) is 14.5 Å². The molecule has 0 radical (unpaired) electrons. The van der Waals surface area contributed by atoms with Gasteiger partial charge in [-0.3, -0.25) is 9.69 Å². The Morgan fingerprint density at radius 2 is 1.73 bits per heavy atom.